The maximum absolute atomic E-state index is 10.8. The molecule has 0 fully saturated rings. The van der Waals surface area contributed by atoms with Gasteiger partial charge in [-0.2, -0.15) is 0 Å². The highest BCUT2D eigenvalue weighted by Crippen LogP contribution is 2.23. The predicted octanol–water partition coefficient (Wildman–Crippen LogP) is 1.71. The van der Waals surface area contributed by atoms with Gasteiger partial charge in [-0.1, -0.05) is 0 Å². The summed E-state index contributed by atoms with van der Waals surface area (Å²) in [6, 6.07) is 5.33. The second-order valence-electron chi connectivity index (χ2n) is 5.02. The van der Waals surface area contributed by atoms with E-state index in [0.717, 1.165) is 17.6 Å². The molecule has 0 aliphatic rings. The smallest absolute Gasteiger partial charge is 0.150 e. The summed E-state index contributed by atoms with van der Waals surface area (Å²) >= 11 is 0. The number of rotatable bonds is 6. The largest absolute Gasteiger partial charge is 0.496 e. The Morgan fingerprint density at radius 2 is 2.11 bits per heavy atom. The summed E-state index contributed by atoms with van der Waals surface area (Å²) in [6.45, 7) is 4.60. The molecule has 100 valence electrons. The Labute approximate surface area is 108 Å². The van der Waals surface area contributed by atoms with Crippen LogP contribution in [0.15, 0.2) is 18.2 Å². The summed E-state index contributed by atoms with van der Waals surface area (Å²) in [6.07, 6.45) is 0.820. The highest BCUT2D eigenvalue weighted by atomic mass is 16.5. The first-order valence-corrected chi connectivity index (χ1v) is 5.89. The van der Waals surface area contributed by atoms with Gasteiger partial charge in [0.2, 0.25) is 0 Å². The van der Waals surface area contributed by atoms with Gasteiger partial charge in [0.15, 0.2) is 0 Å². The first kappa shape index (κ1) is 14.7. The standard InChI is InChI=1S/C14H21NO3/c1-14(2,10-17)15(3)8-12-7-11(9-16)5-6-13(12)18-4/h5-7,9,17H,8,10H2,1-4H3. The van der Waals surface area contributed by atoms with Crippen molar-refractivity contribution in [2.75, 3.05) is 20.8 Å². The Kier molecular flexibility index (Phi) is 4.87. The average Bonchev–Trinajstić information content (AvgIpc) is 2.38. The molecular weight excluding hydrogens is 230 g/mol. The van der Waals surface area contributed by atoms with Gasteiger partial charge in [-0.15, -0.1) is 0 Å². The fourth-order valence-electron chi connectivity index (χ4n) is 1.59. The van der Waals surface area contributed by atoms with Gasteiger partial charge in [-0.3, -0.25) is 9.69 Å². The second-order valence-corrected chi connectivity index (χ2v) is 5.02. The first-order chi connectivity index (χ1) is 8.44. The van der Waals surface area contributed by atoms with E-state index in [0.29, 0.717) is 12.1 Å². The Hall–Kier alpha value is -1.39. The lowest BCUT2D eigenvalue weighted by Gasteiger charge is -2.34. The summed E-state index contributed by atoms with van der Waals surface area (Å²) in [5.74, 6) is 0.751. The van der Waals surface area contributed by atoms with Gasteiger partial charge in [-0.25, -0.2) is 0 Å². The molecule has 0 spiro atoms. The molecule has 0 aliphatic heterocycles. The van der Waals surface area contributed by atoms with E-state index in [1.165, 1.54) is 0 Å². The van der Waals surface area contributed by atoms with Crippen molar-refractivity contribution >= 4 is 6.29 Å². The number of nitrogens with zero attached hydrogens (tertiary/aromatic N) is 1. The summed E-state index contributed by atoms with van der Waals surface area (Å²) < 4.78 is 5.29. The molecule has 1 aromatic carbocycles. The van der Waals surface area contributed by atoms with Crippen molar-refractivity contribution in [2.24, 2.45) is 0 Å². The molecule has 18 heavy (non-hydrogen) atoms. The molecule has 0 aromatic heterocycles. The van der Waals surface area contributed by atoms with Crippen molar-refractivity contribution in [1.82, 2.24) is 4.90 Å². The van der Waals surface area contributed by atoms with Gasteiger partial charge in [-0.05, 0) is 39.1 Å². The number of aliphatic hydroxyl groups excluding tert-OH is 1. The van der Waals surface area contributed by atoms with Crippen LogP contribution in [0.2, 0.25) is 0 Å². The SMILES string of the molecule is COc1ccc(C=O)cc1CN(C)C(C)(C)CO. The van der Waals surface area contributed by atoms with Crippen LogP contribution in [0.3, 0.4) is 0 Å². The van der Waals surface area contributed by atoms with Gasteiger partial charge in [0.05, 0.1) is 13.7 Å². The maximum Gasteiger partial charge on any atom is 0.150 e. The Morgan fingerprint density at radius 3 is 2.61 bits per heavy atom. The zero-order valence-electron chi connectivity index (χ0n) is 11.4. The van der Waals surface area contributed by atoms with Crippen molar-refractivity contribution < 1.29 is 14.6 Å². The van der Waals surface area contributed by atoms with Crippen LogP contribution in [-0.2, 0) is 6.54 Å². The fourth-order valence-corrected chi connectivity index (χ4v) is 1.59. The zero-order valence-corrected chi connectivity index (χ0v) is 11.4. The number of aliphatic hydroxyl groups is 1. The number of aldehydes is 1. The molecule has 4 nitrogen and oxygen atoms in total. The third kappa shape index (κ3) is 3.31. The quantitative estimate of drug-likeness (QED) is 0.782. The number of hydrogen-bond donors (Lipinski definition) is 1. The van der Waals surface area contributed by atoms with Gasteiger partial charge >= 0.3 is 0 Å². The third-order valence-electron chi connectivity index (χ3n) is 3.27. The molecule has 0 amide bonds. The van der Waals surface area contributed by atoms with Crippen LogP contribution in [0.1, 0.15) is 29.8 Å². The summed E-state index contributed by atoms with van der Waals surface area (Å²) in [7, 11) is 3.54. The molecule has 4 heteroatoms. The van der Waals surface area contributed by atoms with Gasteiger partial charge in [0, 0.05) is 23.2 Å². The minimum Gasteiger partial charge on any atom is -0.496 e. The maximum atomic E-state index is 10.8. The van der Waals surface area contributed by atoms with Gasteiger partial charge < -0.3 is 9.84 Å². The van der Waals surface area contributed by atoms with E-state index in [1.54, 1.807) is 19.2 Å². The fraction of sp³-hybridized carbons (Fsp3) is 0.500. The van der Waals surface area contributed by atoms with Crippen molar-refractivity contribution in [3.63, 3.8) is 0 Å². The average molecular weight is 251 g/mol. The molecule has 0 aliphatic carbocycles. The zero-order chi connectivity index (χ0) is 13.8. The number of ether oxygens (including phenoxy) is 1. The van der Waals surface area contributed by atoms with Crippen molar-refractivity contribution in [3.8, 4) is 5.75 Å². The summed E-state index contributed by atoms with van der Waals surface area (Å²) in [5.41, 5.74) is 1.24. The number of carbonyl (C=O) groups is 1. The number of methoxy groups -OCH3 is 1. The number of hydrogen-bond acceptors (Lipinski definition) is 4. The molecule has 0 heterocycles. The van der Waals surface area contributed by atoms with Crippen LogP contribution in [0.25, 0.3) is 0 Å². The Morgan fingerprint density at radius 1 is 1.44 bits per heavy atom. The molecule has 1 rings (SSSR count). The molecule has 1 aromatic rings. The molecule has 0 saturated carbocycles. The van der Waals surface area contributed by atoms with Gasteiger partial charge in [0.1, 0.15) is 12.0 Å². The van der Waals surface area contributed by atoms with E-state index < -0.39 is 0 Å². The topological polar surface area (TPSA) is 49.8 Å². The minimum absolute atomic E-state index is 0.0686. The first-order valence-electron chi connectivity index (χ1n) is 5.89. The molecule has 0 atom stereocenters. The summed E-state index contributed by atoms with van der Waals surface area (Å²) in [4.78, 5) is 12.8. The minimum atomic E-state index is -0.317. The van der Waals surface area contributed by atoms with E-state index in [1.807, 2.05) is 31.9 Å². The highest BCUT2D eigenvalue weighted by molar-refractivity contribution is 5.75. The Balaban J connectivity index is 2.98. The van der Waals surface area contributed by atoms with E-state index in [9.17, 15) is 9.90 Å². The van der Waals surface area contributed by atoms with E-state index >= 15 is 0 Å². The lowest BCUT2D eigenvalue weighted by Crippen LogP contribution is -2.43. The molecule has 1 N–H and O–H groups in total. The number of likely N-dealkylation sites (N-methyl/N-ethyl adjacent to an activating group) is 1. The van der Waals surface area contributed by atoms with Crippen molar-refractivity contribution in [3.05, 3.63) is 29.3 Å². The number of carbonyl (C=O) groups excluding carboxylic acids is 1. The predicted molar refractivity (Wildman–Crippen MR) is 71.0 cm³/mol. The van der Waals surface area contributed by atoms with E-state index in [-0.39, 0.29) is 12.1 Å². The monoisotopic (exact) mass is 251 g/mol. The van der Waals surface area contributed by atoms with Crippen LogP contribution in [-0.4, -0.2) is 42.6 Å². The van der Waals surface area contributed by atoms with Crippen LogP contribution in [0, 0.1) is 0 Å². The Bertz CT molecular complexity index is 416. The van der Waals surface area contributed by atoms with Crippen LogP contribution >= 0.6 is 0 Å². The normalized spacial score (nSPS) is 11.7. The molecule has 0 radical (unpaired) electrons. The lowest BCUT2D eigenvalue weighted by molar-refractivity contribution is 0.0728. The highest BCUT2D eigenvalue weighted by Gasteiger charge is 2.23. The molecule has 0 unspecified atom stereocenters. The lowest BCUT2D eigenvalue weighted by atomic mass is 10.0. The van der Waals surface area contributed by atoms with Crippen molar-refractivity contribution in [2.45, 2.75) is 25.9 Å². The molecular formula is C14H21NO3. The second kappa shape index (κ2) is 5.98. The number of benzene rings is 1. The van der Waals surface area contributed by atoms with Crippen LogP contribution < -0.4 is 4.74 Å². The summed E-state index contributed by atoms with van der Waals surface area (Å²) in [5, 5.41) is 9.34. The molecule has 0 bridgehead atoms. The van der Waals surface area contributed by atoms with E-state index in [2.05, 4.69) is 0 Å². The van der Waals surface area contributed by atoms with Gasteiger partial charge in [0.25, 0.3) is 0 Å². The van der Waals surface area contributed by atoms with Crippen LogP contribution in [0.5, 0.6) is 5.75 Å². The van der Waals surface area contributed by atoms with E-state index in [4.69, 9.17) is 4.74 Å². The van der Waals surface area contributed by atoms with Crippen molar-refractivity contribution in [1.29, 1.82) is 0 Å². The molecule has 0 saturated heterocycles. The third-order valence-corrected chi connectivity index (χ3v) is 3.27. The van der Waals surface area contributed by atoms with Crippen LogP contribution in [0.4, 0.5) is 0 Å².